The fourth-order valence-electron chi connectivity index (χ4n) is 3.41. The first kappa shape index (κ1) is 22.5. The smallest absolute Gasteiger partial charge is 0.243 e. The number of carbonyl (C=O) groups is 2. The first-order valence-corrected chi connectivity index (χ1v) is 12.2. The molecule has 0 spiro atoms. The maximum absolute atomic E-state index is 12.8. The Labute approximate surface area is 181 Å². The number of rotatable bonds is 9. The lowest BCUT2D eigenvalue weighted by Gasteiger charge is -2.31. The highest BCUT2D eigenvalue weighted by atomic mass is 32.2. The van der Waals surface area contributed by atoms with E-state index < -0.39 is 10.0 Å². The van der Waals surface area contributed by atoms with Gasteiger partial charge in [0.1, 0.15) is 5.75 Å². The highest BCUT2D eigenvalue weighted by Crippen LogP contribution is 2.23. The zero-order valence-electron chi connectivity index (χ0n) is 16.9. The molecule has 2 aromatic rings. The Kier molecular flexibility index (Phi) is 7.63. The lowest BCUT2D eigenvalue weighted by molar-refractivity contribution is -0.122. The third-order valence-electron chi connectivity index (χ3n) is 5.12. The maximum atomic E-state index is 12.8. The molecule has 1 aromatic heterocycles. The Bertz CT molecular complexity index is 948. The monoisotopic (exact) mass is 450 g/mol. The minimum absolute atomic E-state index is 0.0483. The topological polar surface area (TPSA) is 92.8 Å². The zero-order valence-corrected chi connectivity index (χ0v) is 18.5. The number of sulfonamides is 1. The van der Waals surface area contributed by atoms with E-state index in [2.05, 4.69) is 5.32 Å². The molecule has 0 bridgehead atoms. The van der Waals surface area contributed by atoms with Gasteiger partial charge in [-0.1, -0.05) is 6.07 Å². The van der Waals surface area contributed by atoms with Gasteiger partial charge in [0.25, 0.3) is 0 Å². The molecule has 3 rings (SSSR count). The Balaban J connectivity index is 1.42. The van der Waals surface area contributed by atoms with Crippen molar-refractivity contribution in [1.82, 2.24) is 9.62 Å². The summed E-state index contributed by atoms with van der Waals surface area (Å²) >= 11 is 1.41. The molecule has 0 saturated carbocycles. The van der Waals surface area contributed by atoms with Crippen molar-refractivity contribution < 1.29 is 22.7 Å². The fourth-order valence-corrected chi connectivity index (χ4v) is 5.57. The molecule has 0 aliphatic carbocycles. The van der Waals surface area contributed by atoms with E-state index in [1.54, 1.807) is 30.3 Å². The molecule has 1 amide bonds. The lowest BCUT2D eigenvalue weighted by atomic mass is 10.1. The summed E-state index contributed by atoms with van der Waals surface area (Å²) in [6.07, 6.45) is 2.28. The van der Waals surface area contributed by atoms with Gasteiger partial charge in [-0.2, -0.15) is 4.31 Å². The molecular weight excluding hydrogens is 424 g/mol. The molecule has 1 aromatic carbocycles. The van der Waals surface area contributed by atoms with Crippen molar-refractivity contribution in [2.45, 2.75) is 43.0 Å². The average molecular weight is 451 g/mol. The van der Waals surface area contributed by atoms with Gasteiger partial charge in [0.2, 0.25) is 15.9 Å². The predicted octanol–water partition coefficient (Wildman–Crippen LogP) is 3.08. The van der Waals surface area contributed by atoms with Crippen molar-refractivity contribution in [2.24, 2.45) is 0 Å². The summed E-state index contributed by atoms with van der Waals surface area (Å²) in [5, 5.41) is 4.83. The number of carbonyl (C=O) groups excluding carboxylic acids is 2. The molecule has 7 nitrogen and oxygen atoms in total. The number of thiophene rings is 1. The maximum Gasteiger partial charge on any atom is 0.243 e. The average Bonchev–Trinajstić information content (AvgIpc) is 3.29. The van der Waals surface area contributed by atoms with Crippen molar-refractivity contribution in [3.8, 4) is 5.75 Å². The van der Waals surface area contributed by atoms with E-state index in [1.165, 1.54) is 22.8 Å². The Hall–Kier alpha value is -2.23. The number of methoxy groups -OCH3 is 1. The zero-order chi connectivity index (χ0) is 21.6. The second-order valence-electron chi connectivity index (χ2n) is 7.18. The number of nitrogens with zero attached hydrogens (tertiary/aromatic N) is 1. The van der Waals surface area contributed by atoms with Crippen LogP contribution < -0.4 is 10.1 Å². The summed E-state index contributed by atoms with van der Waals surface area (Å²) < 4.78 is 32.1. The normalized spacial score (nSPS) is 15.6. The number of ether oxygens (including phenoxy) is 1. The molecule has 0 radical (unpaired) electrons. The van der Waals surface area contributed by atoms with E-state index in [4.69, 9.17) is 4.74 Å². The highest BCUT2D eigenvalue weighted by Gasteiger charge is 2.29. The van der Waals surface area contributed by atoms with E-state index in [-0.39, 0.29) is 22.6 Å². The minimum Gasteiger partial charge on any atom is -0.497 e. The molecule has 1 aliphatic heterocycles. The van der Waals surface area contributed by atoms with Crippen LogP contribution in [0.15, 0.2) is 46.7 Å². The molecule has 0 unspecified atom stereocenters. The summed E-state index contributed by atoms with van der Waals surface area (Å²) in [6, 6.07) is 9.92. The second kappa shape index (κ2) is 10.2. The van der Waals surface area contributed by atoms with Crippen molar-refractivity contribution in [3.05, 3.63) is 46.7 Å². The quantitative estimate of drug-likeness (QED) is 0.593. The number of hydrogen-bond donors (Lipinski definition) is 1. The molecule has 0 atom stereocenters. The number of piperidine rings is 1. The standard InChI is InChI=1S/C21H26N2O5S2/c1-28-17-7-9-18(10-8-17)30(26,27)23-13-11-16(12-14-23)22-21(25)6-2-4-19(24)20-5-3-15-29-20/h3,5,7-10,15-16H,2,4,6,11-14H2,1H3,(H,22,25). The van der Waals surface area contributed by atoms with Crippen molar-refractivity contribution in [2.75, 3.05) is 20.2 Å². The lowest BCUT2D eigenvalue weighted by Crippen LogP contribution is -2.46. The number of Topliss-reactive ketones (excluding diaryl/α,β-unsaturated/α-hetero) is 1. The summed E-state index contributed by atoms with van der Waals surface area (Å²) in [7, 11) is -2.02. The van der Waals surface area contributed by atoms with Gasteiger partial charge in [-0.3, -0.25) is 9.59 Å². The third kappa shape index (κ3) is 5.68. The van der Waals surface area contributed by atoms with Crippen molar-refractivity contribution in [1.29, 1.82) is 0 Å². The molecular formula is C21H26N2O5S2. The number of amides is 1. The largest absolute Gasteiger partial charge is 0.497 e. The van der Waals surface area contributed by atoms with Gasteiger partial charge in [0.05, 0.1) is 16.9 Å². The minimum atomic E-state index is -3.56. The van der Waals surface area contributed by atoms with Gasteiger partial charge < -0.3 is 10.1 Å². The fraction of sp³-hybridized carbons (Fsp3) is 0.429. The molecule has 1 N–H and O–H groups in total. The van der Waals surface area contributed by atoms with Crippen LogP contribution in [-0.4, -0.2) is 50.7 Å². The van der Waals surface area contributed by atoms with Crippen LogP contribution in [-0.2, 0) is 14.8 Å². The van der Waals surface area contributed by atoms with Gasteiger partial charge >= 0.3 is 0 Å². The predicted molar refractivity (Wildman–Crippen MR) is 115 cm³/mol. The Morgan fingerprint density at radius 3 is 2.43 bits per heavy atom. The molecule has 1 fully saturated rings. The number of benzene rings is 1. The van der Waals surface area contributed by atoms with Crippen LogP contribution in [0.5, 0.6) is 5.75 Å². The number of hydrogen-bond acceptors (Lipinski definition) is 6. The van der Waals surface area contributed by atoms with Gasteiger partial charge in [-0.25, -0.2) is 8.42 Å². The summed E-state index contributed by atoms with van der Waals surface area (Å²) in [5.74, 6) is 0.577. The summed E-state index contributed by atoms with van der Waals surface area (Å²) in [6.45, 7) is 0.715. The molecule has 162 valence electrons. The van der Waals surface area contributed by atoms with E-state index in [9.17, 15) is 18.0 Å². The van der Waals surface area contributed by atoms with Gasteiger partial charge in [-0.15, -0.1) is 11.3 Å². The van der Waals surface area contributed by atoms with Crippen LogP contribution in [0.2, 0.25) is 0 Å². The van der Waals surface area contributed by atoms with Gasteiger partial charge in [-0.05, 0) is 55.0 Å². The SMILES string of the molecule is COc1ccc(S(=O)(=O)N2CCC(NC(=O)CCCC(=O)c3cccs3)CC2)cc1. The van der Waals surface area contributed by atoms with Crippen molar-refractivity contribution >= 4 is 33.1 Å². The molecule has 1 saturated heterocycles. The Morgan fingerprint density at radius 1 is 1.13 bits per heavy atom. The Morgan fingerprint density at radius 2 is 1.83 bits per heavy atom. The first-order chi connectivity index (χ1) is 14.4. The van der Waals surface area contributed by atoms with Crippen molar-refractivity contribution in [3.63, 3.8) is 0 Å². The van der Waals surface area contributed by atoms with Crippen LogP contribution in [0.1, 0.15) is 41.8 Å². The second-order valence-corrected chi connectivity index (χ2v) is 10.1. The molecule has 9 heteroatoms. The molecule has 2 heterocycles. The van der Waals surface area contributed by atoms with E-state index >= 15 is 0 Å². The van der Waals surface area contributed by atoms with E-state index in [0.29, 0.717) is 50.9 Å². The van der Waals surface area contributed by atoms with Crippen LogP contribution in [0, 0.1) is 0 Å². The first-order valence-electron chi connectivity index (χ1n) is 9.90. The van der Waals surface area contributed by atoms with Crippen LogP contribution >= 0.6 is 11.3 Å². The van der Waals surface area contributed by atoms with Gasteiger partial charge in [0.15, 0.2) is 5.78 Å². The number of nitrogens with one attached hydrogen (secondary N) is 1. The van der Waals surface area contributed by atoms with Crippen LogP contribution in [0.4, 0.5) is 0 Å². The summed E-state index contributed by atoms with van der Waals surface area (Å²) in [5.41, 5.74) is 0. The van der Waals surface area contributed by atoms with Crippen LogP contribution in [0.25, 0.3) is 0 Å². The van der Waals surface area contributed by atoms with E-state index in [1.807, 2.05) is 11.4 Å². The van der Waals surface area contributed by atoms with Crippen LogP contribution in [0.3, 0.4) is 0 Å². The summed E-state index contributed by atoms with van der Waals surface area (Å²) in [4.78, 5) is 25.1. The van der Waals surface area contributed by atoms with E-state index in [0.717, 1.165) is 4.88 Å². The molecule has 1 aliphatic rings. The highest BCUT2D eigenvalue weighted by molar-refractivity contribution is 7.89. The number of ketones is 1. The van der Waals surface area contributed by atoms with Gasteiger partial charge in [0, 0.05) is 32.0 Å². The molecule has 30 heavy (non-hydrogen) atoms. The third-order valence-corrected chi connectivity index (χ3v) is 7.94.